The van der Waals surface area contributed by atoms with Gasteiger partial charge >= 0.3 is 0 Å². The van der Waals surface area contributed by atoms with Crippen molar-refractivity contribution in [1.29, 1.82) is 0 Å². The monoisotopic (exact) mass is 334 g/mol. The van der Waals surface area contributed by atoms with E-state index < -0.39 is 0 Å². The van der Waals surface area contributed by atoms with Crippen molar-refractivity contribution < 1.29 is 4.39 Å². The van der Waals surface area contributed by atoms with E-state index in [1.165, 1.54) is 17.7 Å². The highest BCUT2D eigenvalue weighted by Crippen LogP contribution is 2.23. The Kier molecular flexibility index (Phi) is 5.00. The van der Waals surface area contributed by atoms with Gasteiger partial charge in [-0.2, -0.15) is 0 Å². The highest BCUT2D eigenvalue weighted by molar-refractivity contribution is 9.10. The van der Waals surface area contributed by atoms with Crippen LogP contribution < -0.4 is 0 Å². The second-order valence-corrected chi connectivity index (χ2v) is 5.09. The minimum Gasteiger partial charge on any atom is -0.207 e. The third kappa shape index (κ3) is 3.72. The molecule has 0 amide bonds. The predicted octanol–water partition coefficient (Wildman–Crippen LogP) is 5.02. The van der Waals surface area contributed by atoms with E-state index in [4.69, 9.17) is 0 Å². The smallest absolute Gasteiger partial charge is 0.124 e. The Balaban J connectivity index is 3.06. The topological polar surface area (TPSA) is 0 Å². The van der Waals surface area contributed by atoms with Gasteiger partial charge in [-0.1, -0.05) is 63.4 Å². The maximum Gasteiger partial charge on any atom is 0.124 e. The molecular weight excluding hydrogens is 323 g/mol. The average Bonchev–Trinajstić information content (AvgIpc) is 2.16. The summed E-state index contributed by atoms with van der Waals surface area (Å²) >= 11 is 6.81. The Hall–Kier alpha value is -0.150. The number of allylic oxidation sites excluding steroid dienone is 1. The lowest BCUT2D eigenvalue weighted by molar-refractivity contribution is 0.627. The maximum atomic E-state index is 12.9. The van der Waals surface area contributed by atoms with Crippen LogP contribution in [0.1, 0.15) is 19.4 Å². The van der Waals surface area contributed by atoms with Gasteiger partial charge in [0.15, 0.2) is 0 Å². The Labute approximate surface area is 107 Å². The number of halogens is 3. The van der Waals surface area contributed by atoms with Crippen LogP contribution in [0.2, 0.25) is 0 Å². The Bertz CT molecular complexity index is 370. The zero-order chi connectivity index (χ0) is 11.4. The summed E-state index contributed by atoms with van der Waals surface area (Å²) in [6.45, 7) is 4.29. The normalized spacial score (nSPS) is 12.3. The number of benzene rings is 1. The van der Waals surface area contributed by atoms with E-state index >= 15 is 0 Å². The molecule has 15 heavy (non-hydrogen) atoms. The summed E-state index contributed by atoms with van der Waals surface area (Å²) in [7, 11) is 0. The van der Waals surface area contributed by atoms with Crippen molar-refractivity contribution in [2.75, 3.05) is 5.33 Å². The third-order valence-corrected chi connectivity index (χ3v) is 3.53. The van der Waals surface area contributed by atoms with Crippen LogP contribution >= 0.6 is 31.9 Å². The lowest BCUT2D eigenvalue weighted by Gasteiger charge is -2.08. The number of hydrogen-bond acceptors (Lipinski definition) is 0. The van der Waals surface area contributed by atoms with Gasteiger partial charge in [0.2, 0.25) is 0 Å². The summed E-state index contributed by atoms with van der Waals surface area (Å²) in [6, 6.07) is 4.74. The van der Waals surface area contributed by atoms with Gasteiger partial charge < -0.3 is 0 Å². The maximum absolute atomic E-state index is 12.9. The van der Waals surface area contributed by atoms with E-state index in [9.17, 15) is 4.39 Å². The summed E-state index contributed by atoms with van der Waals surface area (Å²) < 4.78 is 13.7. The van der Waals surface area contributed by atoms with Crippen LogP contribution in [0, 0.1) is 11.7 Å². The van der Waals surface area contributed by atoms with Gasteiger partial charge in [0.1, 0.15) is 5.82 Å². The molecule has 0 aliphatic heterocycles. The molecule has 0 unspecified atom stereocenters. The number of alkyl halides is 1. The summed E-state index contributed by atoms with van der Waals surface area (Å²) in [4.78, 5) is 0. The first-order valence-electron chi connectivity index (χ1n) is 4.76. The van der Waals surface area contributed by atoms with Crippen molar-refractivity contribution in [2.45, 2.75) is 13.8 Å². The van der Waals surface area contributed by atoms with Crippen molar-refractivity contribution >= 4 is 37.9 Å². The highest BCUT2D eigenvalue weighted by Gasteiger charge is 2.04. The van der Waals surface area contributed by atoms with Crippen LogP contribution in [0.15, 0.2) is 28.2 Å². The van der Waals surface area contributed by atoms with Crippen molar-refractivity contribution in [3.05, 3.63) is 39.6 Å². The molecule has 3 heteroatoms. The molecule has 0 heterocycles. The zero-order valence-corrected chi connectivity index (χ0v) is 11.9. The molecule has 0 saturated heterocycles. The van der Waals surface area contributed by atoms with Gasteiger partial charge in [0.25, 0.3) is 0 Å². The van der Waals surface area contributed by atoms with E-state index in [2.05, 4.69) is 51.8 Å². The first-order valence-corrected chi connectivity index (χ1v) is 6.67. The number of hydrogen-bond donors (Lipinski definition) is 0. The van der Waals surface area contributed by atoms with Gasteiger partial charge in [-0.25, -0.2) is 4.39 Å². The molecule has 0 nitrogen and oxygen atoms in total. The molecule has 0 saturated carbocycles. The van der Waals surface area contributed by atoms with Crippen molar-refractivity contribution in [3.63, 3.8) is 0 Å². The van der Waals surface area contributed by atoms with E-state index in [1.807, 2.05) is 0 Å². The second-order valence-electron chi connectivity index (χ2n) is 3.67. The average molecular weight is 336 g/mol. The molecule has 1 aromatic carbocycles. The molecular formula is C12H13Br2F. The Morgan fingerprint density at radius 2 is 2.13 bits per heavy atom. The summed E-state index contributed by atoms with van der Waals surface area (Å²) in [5, 5.41) is 0.842. The molecule has 82 valence electrons. The summed E-state index contributed by atoms with van der Waals surface area (Å²) in [5.41, 5.74) is 2.31. The fourth-order valence-electron chi connectivity index (χ4n) is 1.18. The fraction of sp³-hybridized carbons (Fsp3) is 0.333. The third-order valence-electron chi connectivity index (χ3n) is 2.20. The Morgan fingerprint density at radius 3 is 2.60 bits per heavy atom. The van der Waals surface area contributed by atoms with Gasteiger partial charge in [0, 0.05) is 9.80 Å². The van der Waals surface area contributed by atoms with E-state index in [-0.39, 0.29) is 5.82 Å². The zero-order valence-electron chi connectivity index (χ0n) is 8.73. The molecule has 0 aromatic heterocycles. The first kappa shape index (κ1) is 12.9. The molecule has 0 fully saturated rings. The SMILES string of the molecule is CC(C)/C(=C/c1ccc(F)cc1Br)CBr. The highest BCUT2D eigenvalue weighted by atomic mass is 79.9. The van der Waals surface area contributed by atoms with Crippen LogP contribution in [0.25, 0.3) is 6.08 Å². The Morgan fingerprint density at radius 1 is 1.47 bits per heavy atom. The fourth-order valence-corrected chi connectivity index (χ4v) is 2.45. The minimum absolute atomic E-state index is 0.219. The first-order chi connectivity index (χ1) is 7.04. The van der Waals surface area contributed by atoms with Crippen LogP contribution in [0.4, 0.5) is 4.39 Å². The van der Waals surface area contributed by atoms with Crippen LogP contribution in [-0.2, 0) is 0 Å². The molecule has 1 rings (SSSR count). The van der Waals surface area contributed by atoms with Gasteiger partial charge in [-0.3, -0.25) is 0 Å². The summed E-state index contributed by atoms with van der Waals surface area (Å²) in [6.07, 6.45) is 2.09. The molecule has 0 aliphatic carbocycles. The lowest BCUT2D eigenvalue weighted by atomic mass is 10.0. The van der Waals surface area contributed by atoms with Crippen LogP contribution in [-0.4, -0.2) is 5.33 Å². The van der Waals surface area contributed by atoms with Crippen molar-refractivity contribution in [1.82, 2.24) is 0 Å². The molecule has 0 atom stereocenters. The second kappa shape index (κ2) is 5.80. The number of rotatable bonds is 3. The van der Waals surface area contributed by atoms with Crippen LogP contribution in [0.5, 0.6) is 0 Å². The van der Waals surface area contributed by atoms with E-state index in [1.54, 1.807) is 6.07 Å². The van der Waals surface area contributed by atoms with E-state index in [0.29, 0.717) is 5.92 Å². The van der Waals surface area contributed by atoms with E-state index in [0.717, 1.165) is 15.4 Å². The molecule has 1 aromatic rings. The molecule has 0 aliphatic rings. The van der Waals surface area contributed by atoms with Crippen molar-refractivity contribution in [3.8, 4) is 0 Å². The van der Waals surface area contributed by atoms with Crippen molar-refractivity contribution in [2.24, 2.45) is 5.92 Å². The molecule has 0 N–H and O–H groups in total. The predicted molar refractivity (Wildman–Crippen MR) is 70.7 cm³/mol. The van der Waals surface area contributed by atoms with Gasteiger partial charge in [0.05, 0.1) is 0 Å². The molecule has 0 bridgehead atoms. The molecule has 0 spiro atoms. The molecule has 0 radical (unpaired) electrons. The standard InChI is InChI=1S/C12H13Br2F/c1-8(2)10(7-13)5-9-3-4-11(15)6-12(9)14/h3-6,8H,7H2,1-2H3/b10-5+. The van der Waals surface area contributed by atoms with Gasteiger partial charge in [-0.15, -0.1) is 0 Å². The lowest BCUT2D eigenvalue weighted by Crippen LogP contribution is -1.95. The minimum atomic E-state index is -0.219. The largest absolute Gasteiger partial charge is 0.207 e. The quantitative estimate of drug-likeness (QED) is 0.680. The summed E-state index contributed by atoms with van der Waals surface area (Å²) in [5.74, 6) is 0.269. The van der Waals surface area contributed by atoms with Crippen LogP contribution in [0.3, 0.4) is 0 Å². The van der Waals surface area contributed by atoms with Gasteiger partial charge in [-0.05, 0) is 23.6 Å².